The van der Waals surface area contributed by atoms with Gasteiger partial charge in [0, 0.05) is 12.1 Å². The lowest BCUT2D eigenvalue weighted by atomic mass is 9.86. The molecule has 0 fully saturated rings. The predicted octanol–water partition coefficient (Wildman–Crippen LogP) is 6.40. The van der Waals surface area contributed by atoms with Crippen LogP contribution >= 0.6 is 0 Å². The molecule has 9 heteroatoms. The molecule has 0 atom stereocenters. The van der Waals surface area contributed by atoms with E-state index in [1.54, 1.807) is 20.3 Å². The molecule has 0 radical (unpaired) electrons. The molecule has 5 N–H and O–H groups in total. The number of carbonyl (C=O) groups is 2. The van der Waals surface area contributed by atoms with Crippen LogP contribution in [-0.2, 0) is 12.0 Å². The first-order chi connectivity index (χ1) is 19.5. The molecule has 41 heavy (non-hydrogen) atoms. The molecule has 2 amide bonds. The minimum atomic E-state index is -1.37. The van der Waals surface area contributed by atoms with Crippen molar-refractivity contribution in [3.05, 3.63) is 83.9 Å². The van der Waals surface area contributed by atoms with E-state index in [1.807, 2.05) is 18.2 Å². The Kier molecular flexibility index (Phi) is 8.68. The molecule has 4 rings (SSSR count). The molecule has 0 bridgehead atoms. The van der Waals surface area contributed by atoms with Crippen LogP contribution in [0.15, 0.2) is 72.8 Å². The van der Waals surface area contributed by atoms with E-state index >= 15 is 0 Å². The second kappa shape index (κ2) is 12.2. The topological polar surface area (TPSA) is 129 Å². The number of hydrogen-bond acceptors (Lipinski definition) is 5. The number of rotatable bonds is 9. The Morgan fingerprint density at radius 2 is 1.49 bits per heavy atom. The molecule has 0 spiro atoms. The second-order valence-corrected chi connectivity index (χ2v) is 10.6. The highest BCUT2D eigenvalue weighted by molar-refractivity contribution is 5.99. The monoisotopic (exact) mass is 557 g/mol. The third-order valence-corrected chi connectivity index (χ3v) is 6.90. The van der Waals surface area contributed by atoms with Gasteiger partial charge in [-0.1, -0.05) is 81.4 Å². The molecule has 0 aliphatic rings. The molecule has 0 saturated heterocycles. The molecule has 0 aliphatic carbocycles. The van der Waals surface area contributed by atoms with Gasteiger partial charge in [0.05, 0.1) is 14.2 Å². The van der Waals surface area contributed by atoms with Crippen molar-refractivity contribution in [2.24, 2.45) is 0 Å². The summed E-state index contributed by atoms with van der Waals surface area (Å²) in [6, 6.07) is 24.6. The van der Waals surface area contributed by atoms with Gasteiger partial charge in [0.15, 0.2) is 17.8 Å². The van der Waals surface area contributed by atoms with Gasteiger partial charge < -0.3 is 19.7 Å². The lowest BCUT2D eigenvalue weighted by Gasteiger charge is -2.22. The number of nitrogens with one attached hydrogen (secondary N) is 3. The van der Waals surface area contributed by atoms with Gasteiger partial charge in [0.1, 0.15) is 0 Å². The highest BCUT2D eigenvalue weighted by atomic mass is 16.5. The smallest absolute Gasteiger partial charge is 0.407 e. The molecular weight excluding hydrogens is 522 g/mol. The van der Waals surface area contributed by atoms with Crippen molar-refractivity contribution in [3.63, 3.8) is 0 Å². The summed E-state index contributed by atoms with van der Waals surface area (Å²) in [6.07, 6.45) is -3.97. The second-order valence-electron chi connectivity index (χ2n) is 10.6. The van der Waals surface area contributed by atoms with E-state index in [0.717, 1.165) is 38.6 Å². The third-order valence-electron chi connectivity index (χ3n) is 6.90. The molecule has 0 heterocycles. The number of carboxylic acid groups (broad SMARTS) is 2. The van der Waals surface area contributed by atoms with E-state index < -0.39 is 18.5 Å². The zero-order chi connectivity index (χ0) is 29.7. The zero-order valence-electron chi connectivity index (χ0n) is 23.7. The summed E-state index contributed by atoms with van der Waals surface area (Å²) in [5, 5.41) is 27.5. The van der Waals surface area contributed by atoms with Gasteiger partial charge in [-0.25, -0.2) is 9.59 Å². The predicted molar refractivity (Wildman–Crippen MR) is 160 cm³/mol. The van der Waals surface area contributed by atoms with Crippen molar-refractivity contribution in [1.29, 1.82) is 0 Å². The van der Waals surface area contributed by atoms with E-state index in [0.29, 0.717) is 11.5 Å². The van der Waals surface area contributed by atoms with Crippen LogP contribution in [-0.4, -0.2) is 42.9 Å². The van der Waals surface area contributed by atoms with Gasteiger partial charge in [0.25, 0.3) is 0 Å². The van der Waals surface area contributed by atoms with E-state index in [-0.39, 0.29) is 12.0 Å². The Hall–Kier alpha value is -4.76. The third kappa shape index (κ3) is 6.70. The minimum absolute atomic E-state index is 0.0714. The maximum Gasteiger partial charge on any atom is 0.407 e. The first-order valence-electron chi connectivity index (χ1n) is 13.1. The molecular formula is C32H35N3O6. The van der Waals surface area contributed by atoms with E-state index in [4.69, 9.17) is 19.7 Å². The Morgan fingerprint density at radius 3 is 2.07 bits per heavy atom. The lowest BCUT2D eigenvalue weighted by Crippen LogP contribution is -2.55. The molecule has 9 nitrogen and oxygen atoms in total. The van der Waals surface area contributed by atoms with Crippen LogP contribution in [0.5, 0.6) is 11.5 Å². The normalized spacial score (nSPS) is 11.4. The summed E-state index contributed by atoms with van der Waals surface area (Å²) in [7, 11) is 3.11. The highest BCUT2D eigenvalue weighted by Gasteiger charge is 2.20. The van der Waals surface area contributed by atoms with Crippen molar-refractivity contribution in [3.8, 4) is 33.8 Å². The van der Waals surface area contributed by atoms with Gasteiger partial charge in [0.2, 0.25) is 0 Å². The number of ether oxygens (including phenoxy) is 2. The summed E-state index contributed by atoms with van der Waals surface area (Å²) in [5.74, 6) is 1.04. The lowest BCUT2D eigenvalue weighted by molar-refractivity contribution is 0.170. The SMILES string of the molecule is COc1ccc(CNC(NC(=O)O)NC(=O)O)c(-c2ccc3c(-c4ccc(C(C)(C)C)cc4)cccc3c2)c1OC. The molecule has 0 saturated carbocycles. The fourth-order valence-corrected chi connectivity index (χ4v) is 4.87. The van der Waals surface area contributed by atoms with Crippen LogP contribution in [0.1, 0.15) is 31.9 Å². The van der Waals surface area contributed by atoms with E-state index in [2.05, 4.69) is 85.3 Å². The Labute approximate surface area is 239 Å². The molecule has 4 aromatic rings. The van der Waals surface area contributed by atoms with Gasteiger partial charge in [-0.15, -0.1) is 0 Å². The van der Waals surface area contributed by atoms with Crippen molar-refractivity contribution in [2.75, 3.05) is 14.2 Å². The number of methoxy groups -OCH3 is 2. The number of amides is 2. The maximum atomic E-state index is 11.2. The average Bonchev–Trinajstić information content (AvgIpc) is 2.93. The molecule has 0 unspecified atom stereocenters. The van der Waals surface area contributed by atoms with E-state index in [9.17, 15) is 9.59 Å². The van der Waals surface area contributed by atoms with Crippen LogP contribution in [0.3, 0.4) is 0 Å². The first-order valence-corrected chi connectivity index (χ1v) is 13.1. The van der Waals surface area contributed by atoms with Crippen molar-refractivity contribution >= 4 is 23.0 Å². The minimum Gasteiger partial charge on any atom is -0.493 e. The van der Waals surface area contributed by atoms with Crippen LogP contribution in [0, 0.1) is 0 Å². The molecule has 0 aliphatic heterocycles. The zero-order valence-corrected chi connectivity index (χ0v) is 23.7. The van der Waals surface area contributed by atoms with Crippen LogP contribution in [0.4, 0.5) is 9.59 Å². The van der Waals surface area contributed by atoms with Crippen molar-refractivity contribution < 1.29 is 29.3 Å². The van der Waals surface area contributed by atoms with Gasteiger partial charge in [-0.3, -0.25) is 16.0 Å². The molecule has 0 aromatic heterocycles. The molecule has 214 valence electrons. The Morgan fingerprint density at radius 1 is 0.829 bits per heavy atom. The maximum absolute atomic E-state index is 11.2. The first kappa shape index (κ1) is 29.2. The van der Waals surface area contributed by atoms with Gasteiger partial charge in [-0.2, -0.15) is 0 Å². The Balaban J connectivity index is 1.77. The summed E-state index contributed by atoms with van der Waals surface area (Å²) >= 11 is 0. The number of fused-ring (bicyclic) bond motifs is 1. The van der Waals surface area contributed by atoms with Crippen LogP contribution in [0.2, 0.25) is 0 Å². The number of hydrogen-bond donors (Lipinski definition) is 5. The van der Waals surface area contributed by atoms with Crippen LogP contribution in [0.25, 0.3) is 33.0 Å². The van der Waals surface area contributed by atoms with Crippen molar-refractivity contribution in [1.82, 2.24) is 16.0 Å². The average molecular weight is 558 g/mol. The summed E-state index contributed by atoms with van der Waals surface area (Å²) in [5.41, 5.74) is 5.95. The van der Waals surface area contributed by atoms with Gasteiger partial charge in [-0.05, 0) is 56.1 Å². The fourth-order valence-electron chi connectivity index (χ4n) is 4.87. The highest BCUT2D eigenvalue weighted by Crippen LogP contribution is 2.42. The summed E-state index contributed by atoms with van der Waals surface area (Å²) in [6.45, 7) is 6.72. The molecule has 4 aromatic carbocycles. The summed E-state index contributed by atoms with van der Waals surface area (Å²) in [4.78, 5) is 22.3. The summed E-state index contributed by atoms with van der Waals surface area (Å²) < 4.78 is 11.3. The largest absolute Gasteiger partial charge is 0.493 e. The van der Waals surface area contributed by atoms with E-state index in [1.165, 1.54) is 5.56 Å². The fraction of sp³-hybridized carbons (Fsp3) is 0.250. The Bertz CT molecular complexity index is 1540. The number of benzene rings is 4. The van der Waals surface area contributed by atoms with Gasteiger partial charge >= 0.3 is 12.2 Å². The standard InChI is InChI=1S/C32H35N3O6/c1-32(2,3)23-13-9-19(10-14-23)24-8-6-7-20-17-21(11-15-25(20)24)27-22(12-16-26(40-4)28(27)41-5)18-33-29(34-30(36)37)35-31(38)39/h6-17,29,33-35H,18H2,1-5H3,(H,36,37)(H,38,39). The quantitative estimate of drug-likeness (QED) is 0.151. The van der Waals surface area contributed by atoms with Crippen LogP contribution < -0.4 is 25.4 Å². The van der Waals surface area contributed by atoms with Crippen molar-refractivity contribution in [2.45, 2.75) is 39.0 Å².